The third kappa shape index (κ3) is 5.21. The third-order valence-corrected chi connectivity index (χ3v) is 5.54. The maximum absolute atomic E-state index is 3.80. The Balaban J connectivity index is 2.41. The van der Waals surface area contributed by atoms with Gasteiger partial charge in [0.05, 0.1) is 0 Å². The molecule has 2 atom stereocenters. The summed E-state index contributed by atoms with van der Waals surface area (Å²) in [6, 6.07) is 0.730. The van der Waals surface area contributed by atoms with Gasteiger partial charge in [-0.2, -0.15) is 11.8 Å². The number of rotatable bonds is 8. The molecule has 1 nitrogen and oxygen atoms in total. The summed E-state index contributed by atoms with van der Waals surface area (Å²) in [5.74, 6) is 2.22. The minimum Gasteiger partial charge on any atom is -0.313 e. The molecule has 0 amide bonds. The number of hydrogen-bond acceptors (Lipinski definition) is 2. The zero-order valence-electron chi connectivity index (χ0n) is 12.2. The summed E-state index contributed by atoms with van der Waals surface area (Å²) in [7, 11) is 0. The Morgan fingerprint density at radius 3 is 2.59 bits per heavy atom. The van der Waals surface area contributed by atoms with Crippen LogP contribution in [0.5, 0.6) is 0 Å². The van der Waals surface area contributed by atoms with Crippen molar-refractivity contribution in [1.29, 1.82) is 0 Å². The van der Waals surface area contributed by atoms with E-state index in [1.807, 2.05) is 0 Å². The number of nitrogens with one attached hydrogen (secondary N) is 1. The fraction of sp³-hybridized carbons (Fsp3) is 1.00. The smallest absolute Gasteiger partial charge is 0.0285 e. The van der Waals surface area contributed by atoms with E-state index >= 15 is 0 Å². The molecule has 2 unspecified atom stereocenters. The van der Waals surface area contributed by atoms with Gasteiger partial charge in [-0.3, -0.25) is 0 Å². The molecule has 2 heteroatoms. The quantitative estimate of drug-likeness (QED) is 0.688. The van der Waals surface area contributed by atoms with Crippen LogP contribution in [0.15, 0.2) is 0 Å². The van der Waals surface area contributed by atoms with Crippen molar-refractivity contribution >= 4 is 11.8 Å². The Morgan fingerprint density at radius 1 is 1.29 bits per heavy atom. The summed E-state index contributed by atoms with van der Waals surface area (Å²) in [6.45, 7) is 10.6. The van der Waals surface area contributed by atoms with E-state index in [4.69, 9.17) is 0 Å². The van der Waals surface area contributed by atoms with Crippen LogP contribution in [0.1, 0.15) is 66.2 Å². The first-order valence-corrected chi connectivity index (χ1v) is 8.44. The molecule has 102 valence electrons. The van der Waals surface area contributed by atoms with Gasteiger partial charge in [0.15, 0.2) is 0 Å². The fourth-order valence-corrected chi connectivity index (χ4v) is 4.19. The van der Waals surface area contributed by atoms with Gasteiger partial charge >= 0.3 is 0 Å². The Morgan fingerprint density at radius 2 is 2.06 bits per heavy atom. The lowest BCUT2D eigenvalue weighted by atomic mass is 9.90. The van der Waals surface area contributed by atoms with Crippen molar-refractivity contribution in [3.05, 3.63) is 0 Å². The molecule has 1 saturated heterocycles. The van der Waals surface area contributed by atoms with E-state index in [9.17, 15) is 0 Å². The summed E-state index contributed by atoms with van der Waals surface area (Å²) < 4.78 is 0.506. The molecule has 1 fully saturated rings. The lowest BCUT2D eigenvalue weighted by Crippen LogP contribution is -2.45. The lowest BCUT2D eigenvalue weighted by molar-refractivity contribution is 0.361. The van der Waals surface area contributed by atoms with E-state index in [0.29, 0.717) is 4.75 Å². The largest absolute Gasteiger partial charge is 0.313 e. The minimum atomic E-state index is 0.506. The highest BCUT2D eigenvalue weighted by molar-refractivity contribution is 8.00. The zero-order valence-corrected chi connectivity index (χ0v) is 13.0. The van der Waals surface area contributed by atoms with Gasteiger partial charge in [-0.05, 0) is 50.8 Å². The first-order chi connectivity index (χ1) is 8.08. The molecule has 0 aromatic carbocycles. The van der Waals surface area contributed by atoms with Crippen LogP contribution in [0.3, 0.4) is 0 Å². The van der Waals surface area contributed by atoms with Crippen LogP contribution in [0.2, 0.25) is 0 Å². The summed E-state index contributed by atoms with van der Waals surface area (Å²) in [5, 5.41) is 3.80. The average molecular weight is 257 g/mol. The molecule has 1 aliphatic rings. The molecule has 0 spiro atoms. The molecule has 0 bridgehead atoms. The molecule has 0 aromatic heterocycles. The molecule has 1 aliphatic heterocycles. The molecule has 1 heterocycles. The average Bonchev–Trinajstić information content (AvgIpc) is 2.70. The highest BCUT2D eigenvalue weighted by Crippen LogP contribution is 2.41. The van der Waals surface area contributed by atoms with Crippen molar-refractivity contribution < 1.29 is 0 Å². The van der Waals surface area contributed by atoms with E-state index in [0.717, 1.165) is 12.0 Å². The van der Waals surface area contributed by atoms with Crippen molar-refractivity contribution in [2.24, 2.45) is 5.92 Å². The molecule has 17 heavy (non-hydrogen) atoms. The molecule has 0 aliphatic carbocycles. The molecule has 0 aromatic rings. The molecule has 1 N–H and O–H groups in total. The van der Waals surface area contributed by atoms with Crippen molar-refractivity contribution in [2.45, 2.75) is 77.0 Å². The topological polar surface area (TPSA) is 12.0 Å². The molecular weight excluding hydrogens is 226 g/mol. The van der Waals surface area contributed by atoms with Gasteiger partial charge in [-0.25, -0.2) is 0 Å². The van der Waals surface area contributed by atoms with Crippen LogP contribution in [0.25, 0.3) is 0 Å². The predicted molar refractivity (Wildman–Crippen MR) is 80.9 cm³/mol. The lowest BCUT2D eigenvalue weighted by Gasteiger charge is -2.34. The summed E-state index contributed by atoms with van der Waals surface area (Å²) in [5.41, 5.74) is 0. The van der Waals surface area contributed by atoms with Crippen molar-refractivity contribution in [2.75, 3.05) is 12.3 Å². The van der Waals surface area contributed by atoms with E-state index in [-0.39, 0.29) is 0 Å². The zero-order chi connectivity index (χ0) is 12.7. The standard InChI is InChI=1S/C15H31NS/c1-5-11-16-14(9-6-8-13(2)3)15(4)10-7-12-17-15/h13-14,16H,5-12H2,1-4H3. The second-order valence-electron chi connectivity index (χ2n) is 6.10. The third-order valence-electron chi connectivity index (χ3n) is 3.90. The van der Waals surface area contributed by atoms with Crippen LogP contribution < -0.4 is 5.32 Å². The Labute approximate surface area is 113 Å². The SMILES string of the molecule is CCCNC(CCCC(C)C)C1(C)CCCS1. The second kappa shape index (κ2) is 7.68. The maximum atomic E-state index is 3.80. The molecule has 0 saturated carbocycles. The van der Waals surface area contributed by atoms with Crippen molar-refractivity contribution in [3.8, 4) is 0 Å². The monoisotopic (exact) mass is 257 g/mol. The second-order valence-corrected chi connectivity index (χ2v) is 7.73. The van der Waals surface area contributed by atoms with Gasteiger partial charge in [0, 0.05) is 10.8 Å². The Bertz CT molecular complexity index is 197. The van der Waals surface area contributed by atoms with Gasteiger partial charge in [-0.1, -0.05) is 33.6 Å². The summed E-state index contributed by atoms with van der Waals surface area (Å²) in [4.78, 5) is 0. The van der Waals surface area contributed by atoms with Crippen LogP contribution in [0.4, 0.5) is 0 Å². The highest BCUT2D eigenvalue weighted by atomic mass is 32.2. The van der Waals surface area contributed by atoms with Crippen LogP contribution in [0, 0.1) is 5.92 Å². The van der Waals surface area contributed by atoms with Gasteiger partial charge in [0.1, 0.15) is 0 Å². The first-order valence-electron chi connectivity index (χ1n) is 7.46. The van der Waals surface area contributed by atoms with Gasteiger partial charge < -0.3 is 5.32 Å². The van der Waals surface area contributed by atoms with E-state index in [1.165, 1.54) is 50.8 Å². The minimum absolute atomic E-state index is 0.506. The van der Waals surface area contributed by atoms with Crippen LogP contribution in [-0.2, 0) is 0 Å². The summed E-state index contributed by atoms with van der Waals surface area (Å²) in [6.07, 6.45) is 8.19. The van der Waals surface area contributed by atoms with Gasteiger partial charge in [0.25, 0.3) is 0 Å². The Hall–Kier alpha value is 0.310. The van der Waals surface area contributed by atoms with Crippen molar-refractivity contribution in [1.82, 2.24) is 5.32 Å². The number of hydrogen-bond donors (Lipinski definition) is 1. The van der Waals surface area contributed by atoms with E-state index < -0.39 is 0 Å². The van der Waals surface area contributed by atoms with E-state index in [1.54, 1.807) is 0 Å². The van der Waals surface area contributed by atoms with Crippen molar-refractivity contribution in [3.63, 3.8) is 0 Å². The molecule has 0 radical (unpaired) electrons. The summed E-state index contributed by atoms with van der Waals surface area (Å²) >= 11 is 2.20. The fourth-order valence-electron chi connectivity index (χ4n) is 2.75. The maximum Gasteiger partial charge on any atom is 0.0285 e. The normalized spacial score (nSPS) is 26.6. The van der Waals surface area contributed by atoms with E-state index in [2.05, 4.69) is 44.8 Å². The predicted octanol–water partition coefficient (Wildman–Crippen LogP) is 4.47. The van der Waals surface area contributed by atoms with Gasteiger partial charge in [0.2, 0.25) is 0 Å². The Kier molecular flexibility index (Phi) is 6.94. The molecule has 1 rings (SSSR count). The van der Waals surface area contributed by atoms with Gasteiger partial charge in [-0.15, -0.1) is 0 Å². The molecular formula is C15H31NS. The van der Waals surface area contributed by atoms with Crippen LogP contribution >= 0.6 is 11.8 Å². The highest BCUT2D eigenvalue weighted by Gasteiger charge is 2.36. The first kappa shape index (κ1) is 15.4. The van der Waals surface area contributed by atoms with Crippen LogP contribution in [-0.4, -0.2) is 23.1 Å². The number of thioether (sulfide) groups is 1.